The molecule has 0 aromatic heterocycles. The van der Waals surface area contributed by atoms with E-state index in [9.17, 15) is 0 Å². The van der Waals surface area contributed by atoms with Gasteiger partial charge in [-0.2, -0.15) is 0 Å². The zero-order valence-corrected chi connectivity index (χ0v) is 18.5. The highest BCUT2D eigenvalue weighted by Crippen LogP contribution is 2.12. The van der Waals surface area contributed by atoms with Gasteiger partial charge in [0.2, 0.25) is 0 Å². The molecule has 0 amide bonds. The van der Waals surface area contributed by atoms with Gasteiger partial charge in [0.1, 0.15) is 0 Å². The molecule has 0 saturated heterocycles. The van der Waals surface area contributed by atoms with Crippen LogP contribution in [-0.4, -0.2) is 63.3 Å². The lowest BCUT2D eigenvalue weighted by Crippen LogP contribution is -3.00. The zero-order chi connectivity index (χ0) is 14.7. The molecule has 0 fully saturated rings. The number of rotatable bonds is 8. The number of hydrogen-bond donors (Lipinski definition) is 0. The fraction of sp³-hybridized carbons (Fsp3) is 1.00. The highest BCUT2D eigenvalue weighted by atomic mass is 79.9. The van der Waals surface area contributed by atoms with Crippen molar-refractivity contribution in [2.45, 2.75) is 53.4 Å². The number of halogens is 2. The van der Waals surface area contributed by atoms with Crippen LogP contribution in [0.4, 0.5) is 0 Å². The molecule has 0 atom stereocenters. The van der Waals surface area contributed by atoms with Gasteiger partial charge in [-0.15, -0.1) is 0 Å². The van der Waals surface area contributed by atoms with E-state index in [1.54, 1.807) is 0 Å². The van der Waals surface area contributed by atoms with E-state index < -0.39 is 0 Å². The van der Waals surface area contributed by atoms with Gasteiger partial charge in [0.05, 0.1) is 54.4 Å². The van der Waals surface area contributed by atoms with Crippen molar-refractivity contribution in [3.05, 3.63) is 0 Å². The molecular formula is C16H40Br2N2. The Hall–Kier alpha value is 0.880. The van der Waals surface area contributed by atoms with E-state index in [0.717, 1.165) is 4.48 Å². The van der Waals surface area contributed by atoms with Crippen molar-refractivity contribution < 1.29 is 42.9 Å². The maximum atomic E-state index is 2.31. The molecular weight excluding hydrogens is 380 g/mol. The lowest BCUT2D eigenvalue weighted by Gasteiger charge is -2.38. The predicted octanol–water partition coefficient (Wildman–Crippen LogP) is -2.23. The van der Waals surface area contributed by atoms with Crippen molar-refractivity contribution in [1.82, 2.24) is 0 Å². The lowest BCUT2D eigenvalue weighted by molar-refractivity contribution is -0.928. The third-order valence-electron chi connectivity index (χ3n) is 2.79. The van der Waals surface area contributed by atoms with E-state index in [-0.39, 0.29) is 34.0 Å². The van der Waals surface area contributed by atoms with E-state index in [0.29, 0.717) is 0 Å². The molecule has 0 spiro atoms. The average molecular weight is 420 g/mol. The lowest BCUT2D eigenvalue weighted by atomic mass is 10.2. The molecule has 0 saturated carbocycles. The maximum Gasteiger partial charge on any atom is 0.0783 e. The average Bonchev–Trinajstić information content (AvgIpc) is 2.16. The highest BCUT2D eigenvalue weighted by Gasteiger charge is 2.22. The summed E-state index contributed by atoms with van der Waals surface area (Å²) in [6, 6.07) is 0. The van der Waals surface area contributed by atoms with Crippen LogP contribution in [0.25, 0.3) is 0 Å². The summed E-state index contributed by atoms with van der Waals surface area (Å²) >= 11 is 0. The van der Waals surface area contributed by atoms with Crippen molar-refractivity contribution >= 4 is 0 Å². The standard InChI is InChI=1S/C12H28N.C4H12N.2BrH/c1-5-9-13(10-6-2,11-7-3)12-8-4;1-5(2,3)4;;/h5-12H2,1-4H3;1-4H3;2*1H/q2*+1;;/p-2. The Morgan fingerprint density at radius 1 is 0.500 bits per heavy atom. The molecule has 0 bridgehead atoms. The Morgan fingerprint density at radius 2 is 0.650 bits per heavy atom. The van der Waals surface area contributed by atoms with E-state index in [1.165, 1.54) is 56.3 Å². The van der Waals surface area contributed by atoms with Crippen molar-refractivity contribution in [2.75, 3.05) is 54.4 Å². The Morgan fingerprint density at radius 3 is 0.750 bits per heavy atom. The summed E-state index contributed by atoms with van der Waals surface area (Å²) < 4.78 is 2.38. The Balaban J connectivity index is -0.000000158. The van der Waals surface area contributed by atoms with Crippen LogP contribution in [-0.2, 0) is 0 Å². The van der Waals surface area contributed by atoms with Gasteiger partial charge in [-0.1, -0.05) is 27.7 Å². The molecule has 0 aromatic rings. The van der Waals surface area contributed by atoms with Crippen molar-refractivity contribution in [1.29, 1.82) is 0 Å². The maximum absolute atomic E-state index is 2.31. The van der Waals surface area contributed by atoms with Crippen molar-refractivity contribution in [3.63, 3.8) is 0 Å². The van der Waals surface area contributed by atoms with E-state index in [2.05, 4.69) is 55.9 Å². The normalized spacial score (nSPS) is 10.8. The zero-order valence-electron chi connectivity index (χ0n) is 15.3. The Labute approximate surface area is 150 Å². The van der Waals surface area contributed by atoms with E-state index in [1.807, 2.05) is 0 Å². The summed E-state index contributed by atoms with van der Waals surface area (Å²) in [7, 11) is 8.50. The van der Waals surface area contributed by atoms with Gasteiger partial charge in [-0.3, -0.25) is 0 Å². The largest absolute Gasteiger partial charge is 1.00 e. The minimum absolute atomic E-state index is 0. The van der Waals surface area contributed by atoms with Crippen LogP contribution in [0, 0.1) is 0 Å². The SMILES string of the molecule is CCC[N+](CCC)(CCC)CCC.C[N+](C)(C)C.[Br-].[Br-]. The molecule has 20 heavy (non-hydrogen) atoms. The number of quaternary nitrogens is 2. The fourth-order valence-electron chi connectivity index (χ4n) is 2.57. The summed E-state index contributed by atoms with van der Waals surface area (Å²) in [5.74, 6) is 0. The molecule has 0 heterocycles. The Bertz CT molecular complexity index is 144. The van der Waals surface area contributed by atoms with Gasteiger partial charge in [0.15, 0.2) is 0 Å². The topological polar surface area (TPSA) is 0 Å². The summed E-state index contributed by atoms with van der Waals surface area (Å²) in [4.78, 5) is 0. The molecule has 0 aliphatic rings. The molecule has 0 unspecified atom stereocenters. The smallest absolute Gasteiger partial charge is 0.0783 e. The molecule has 4 heteroatoms. The molecule has 0 N–H and O–H groups in total. The summed E-state index contributed by atoms with van der Waals surface area (Å²) in [6.45, 7) is 14.8. The van der Waals surface area contributed by atoms with Crippen LogP contribution in [0.5, 0.6) is 0 Å². The molecule has 128 valence electrons. The minimum atomic E-state index is 0. The summed E-state index contributed by atoms with van der Waals surface area (Å²) in [5, 5.41) is 0. The van der Waals surface area contributed by atoms with Crippen molar-refractivity contribution in [3.8, 4) is 0 Å². The van der Waals surface area contributed by atoms with Crippen LogP contribution in [0.3, 0.4) is 0 Å². The monoisotopic (exact) mass is 418 g/mol. The second-order valence-electron chi connectivity index (χ2n) is 6.92. The second kappa shape index (κ2) is 16.3. The van der Waals surface area contributed by atoms with E-state index in [4.69, 9.17) is 0 Å². The molecule has 0 rings (SSSR count). The molecule has 0 aromatic carbocycles. The second-order valence-corrected chi connectivity index (χ2v) is 6.92. The third-order valence-corrected chi connectivity index (χ3v) is 2.79. The first-order chi connectivity index (χ1) is 8.24. The van der Waals surface area contributed by atoms with Gasteiger partial charge in [-0.05, 0) is 25.7 Å². The summed E-state index contributed by atoms with van der Waals surface area (Å²) in [5.41, 5.74) is 0. The molecule has 0 aliphatic carbocycles. The molecule has 0 aliphatic heterocycles. The highest BCUT2D eigenvalue weighted by molar-refractivity contribution is 4.43. The quantitative estimate of drug-likeness (QED) is 0.391. The minimum Gasteiger partial charge on any atom is -1.00 e. The van der Waals surface area contributed by atoms with Crippen LogP contribution < -0.4 is 34.0 Å². The molecule has 2 nitrogen and oxygen atoms in total. The van der Waals surface area contributed by atoms with Crippen LogP contribution in [0.15, 0.2) is 0 Å². The van der Waals surface area contributed by atoms with Crippen LogP contribution in [0.1, 0.15) is 53.4 Å². The first kappa shape index (κ1) is 29.0. The van der Waals surface area contributed by atoms with Gasteiger partial charge in [0.25, 0.3) is 0 Å². The first-order valence-electron chi connectivity index (χ1n) is 7.88. The Kier molecular flexibility index (Phi) is 23.5. The van der Waals surface area contributed by atoms with Gasteiger partial charge >= 0.3 is 0 Å². The molecule has 0 radical (unpaired) electrons. The van der Waals surface area contributed by atoms with Crippen LogP contribution >= 0.6 is 0 Å². The van der Waals surface area contributed by atoms with Crippen LogP contribution in [0.2, 0.25) is 0 Å². The fourth-order valence-corrected chi connectivity index (χ4v) is 2.57. The van der Waals surface area contributed by atoms with Gasteiger partial charge in [-0.25, -0.2) is 0 Å². The number of hydrogen-bond acceptors (Lipinski definition) is 0. The van der Waals surface area contributed by atoms with E-state index >= 15 is 0 Å². The first-order valence-corrected chi connectivity index (χ1v) is 7.88. The van der Waals surface area contributed by atoms with Crippen molar-refractivity contribution in [2.24, 2.45) is 0 Å². The number of nitrogens with zero attached hydrogens (tertiary/aromatic N) is 2. The van der Waals surface area contributed by atoms with Gasteiger partial charge in [0, 0.05) is 0 Å². The van der Waals surface area contributed by atoms with Gasteiger partial charge < -0.3 is 42.9 Å². The predicted molar refractivity (Wildman–Crippen MR) is 84.8 cm³/mol. The third kappa shape index (κ3) is 21.2. The summed E-state index contributed by atoms with van der Waals surface area (Å²) in [6.07, 6.45) is 5.33.